The van der Waals surface area contributed by atoms with Crippen molar-refractivity contribution in [3.63, 3.8) is 0 Å². The van der Waals surface area contributed by atoms with Gasteiger partial charge in [-0.1, -0.05) is 57.3 Å². The lowest BCUT2D eigenvalue weighted by Gasteiger charge is -2.24. The number of nitrogens with two attached hydrogens (primary N) is 4. The van der Waals surface area contributed by atoms with Gasteiger partial charge in [0.15, 0.2) is 0 Å². The van der Waals surface area contributed by atoms with Gasteiger partial charge in [0, 0.05) is 30.4 Å². The van der Waals surface area contributed by atoms with Crippen molar-refractivity contribution in [2.24, 2.45) is 34.8 Å². The Balaban J connectivity index is 2.61. The minimum Gasteiger partial charge on any atom is -0.480 e. The molecule has 14 N–H and O–H groups in total. The number of hydrogen-bond acceptors (Lipinski definition) is 10. The van der Waals surface area contributed by atoms with E-state index >= 15 is 0 Å². The number of carbonyl (C=O) groups excluding carboxylic acids is 3. The zero-order valence-corrected chi connectivity index (χ0v) is 30.1. The highest BCUT2D eigenvalue weighted by Gasteiger charge is 2.28. The molecule has 0 saturated heterocycles. The Morgan fingerprint density at radius 1 is 0.760 bits per heavy atom. The summed E-state index contributed by atoms with van der Waals surface area (Å²) < 4.78 is 0. The molecule has 3 amide bonds. The second kappa shape index (κ2) is 25.0. The van der Waals surface area contributed by atoms with E-state index in [2.05, 4.69) is 39.7 Å². The maximum absolute atomic E-state index is 13.0. The van der Waals surface area contributed by atoms with Crippen LogP contribution >= 0.6 is 0 Å². The molecule has 14 heteroatoms. The zero-order valence-electron chi connectivity index (χ0n) is 30.1. The lowest BCUT2D eigenvalue weighted by atomic mass is 9.97. The van der Waals surface area contributed by atoms with Crippen LogP contribution in [-0.2, 0) is 25.6 Å². The van der Waals surface area contributed by atoms with Crippen LogP contribution in [0.2, 0.25) is 0 Å². The number of benzene rings is 1. The van der Waals surface area contributed by atoms with Crippen molar-refractivity contribution in [2.45, 2.75) is 95.8 Å². The van der Waals surface area contributed by atoms with Crippen LogP contribution in [0.3, 0.4) is 0 Å². The fraction of sp³-hybridized carbons (Fsp3) is 0.611. The van der Waals surface area contributed by atoms with E-state index in [9.17, 15) is 24.3 Å². The summed E-state index contributed by atoms with van der Waals surface area (Å²) in [4.78, 5) is 50.4. The molecule has 0 aliphatic rings. The molecule has 0 spiro atoms. The van der Waals surface area contributed by atoms with Crippen LogP contribution in [0.1, 0.15) is 70.8 Å². The van der Waals surface area contributed by atoms with Gasteiger partial charge in [-0.25, -0.2) is 4.79 Å². The molecule has 0 radical (unpaired) electrons. The Bertz CT molecular complexity index is 1200. The number of hydrogen-bond donors (Lipinski definition) is 10. The second-order valence-electron chi connectivity index (χ2n) is 13.1. The summed E-state index contributed by atoms with van der Waals surface area (Å²) in [6, 6.07) is 6.73. The molecule has 1 aromatic carbocycles. The first-order valence-corrected chi connectivity index (χ1v) is 17.7. The first-order valence-electron chi connectivity index (χ1n) is 17.7. The largest absolute Gasteiger partial charge is 0.480 e. The van der Waals surface area contributed by atoms with Gasteiger partial charge in [0.2, 0.25) is 17.7 Å². The molecule has 0 heterocycles. The van der Waals surface area contributed by atoms with Gasteiger partial charge in [0.05, 0.1) is 18.6 Å². The molecule has 0 aliphatic heterocycles. The summed E-state index contributed by atoms with van der Waals surface area (Å²) in [5.74, 6) is -2.28. The fourth-order valence-electron chi connectivity index (χ4n) is 5.35. The van der Waals surface area contributed by atoms with Crippen LogP contribution in [0.5, 0.6) is 0 Å². The minimum absolute atomic E-state index is 0.0270. The number of carbonyl (C=O) groups is 4. The third kappa shape index (κ3) is 18.1. The summed E-state index contributed by atoms with van der Waals surface area (Å²) >= 11 is 0. The summed E-state index contributed by atoms with van der Waals surface area (Å²) in [7, 11) is 0. The van der Waals surface area contributed by atoms with Crippen molar-refractivity contribution in [3.8, 4) is 0 Å². The minimum atomic E-state index is -1.17. The lowest BCUT2D eigenvalue weighted by molar-refractivity contribution is -0.142. The molecule has 0 bridgehead atoms. The van der Waals surface area contributed by atoms with Gasteiger partial charge in [-0.2, -0.15) is 0 Å². The van der Waals surface area contributed by atoms with Gasteiger partial charge in [-0.3, -0.25) is 14.4 Å². The van der Waals surface area contributed by atoms with Crippen molar-refractivity contribution >= 4 is 23.7 Å². The van der Waals surface area contributed by atoms with Crippen molar-refractivity contribution in [1.82, 2.24) is 26.6 Å². The summed E-state index contributed by atoms with van der Waals surface area (Å²) in [6.07, 6.45) is 4.39. The Morgan fingerprint density at radius 2 is 1.36 bits per heavy atom. The predicted octanol–water partition coefficient (Wildman–Crippen LogP) is 0.571. The molecule has 0 aromatic heterocycles. The quantitative estimate of drug-likeness (QED) is 0.0541. The highest BCUT2D eigenvalue weighted by Crippen LogP contribution is 2.13. The Morgan fingerprint density at radius 3 is 1.94 bits per heavy atom. The number of aliphatic carboxylic acids is 1. The third-order valence-electron chi connectivity index (χ3n) is 8.31. The van der Waals surface area contributed by atoms with Crippen LogP contribution in [0.25, 0.3) is 0 Å². The number of unbranched alkanes of at least 4 members (excludes halogenated alkanes) is 1. The molecular formula is C36H63N9O5. The Labute approximate surface area is 298 Å². The maximum Gasteiger partial charge on any atom is 0.326 e. The van der Waals surface area contributed by atoms with E-state index in [1.54, 1.807) is 0 Å². The van der Waals surface area contributed by atoms with Crippen LogP contribution in [0.4, 0.5) is 0 Å². The summed E-state index contributed by atoms with van der Waals surface area (Å²) in [6.45, 7) is 13.8. The van der Waals surface area contributed by atoms with E-state index in [0.29, 0.717) is 82.5 Å². The zero-order chi connectivity index (χ0) is 37.5. The molecule has 1 aromatic rings. The highest BCUT2D eigenvalue weighted by molar-refractivity contribution is 5.91. The lowest BCUT2D eigenvalue weighted by Crippen LogP contribution is -2.54. The third-order valence-corrected chi connectivity index (χ3v) is 8.31. The molecule has 0 aliphatic carbocycles. The normalized spacial score (nSPS) is 14.1. The smallest absolute Gasteiger partial charge is 0.326 e. The van der Waals surface area contributed by atoms with Crippen molar-refractivity contribution < 1.29 is 24.3 Å². The average Bonchev–Trinajstić information content (AvgIpc) is 3.08. The van der Waals surface area contributed by atoms with Crippen LogP contribution < -0.4 is 49.5 Å². The molecule has 50 heavy (non-hydrogen) atoms. The number of rotatable bonds is 28. The van der Waals surface area contributed by atoms with Gasteiger partial charge in [-0.15, -0.1) is 0 Å². The van der Waals surface area contributed by atoms with Crippen molar-refractivity contribution in [3.05, 3.63) is 60.4 Å². The monoisotopic (exact) mass is 701 g/mol. The number of carboxylic acid groups (broad SMARTS) is 1. The molecule has 1 rings (SSSR count). The van der Waals surface area contributed by atoms with Gasteiger partial charge >= 0.3 is 5.97 Å². The van der Waals surface area contributed by atoms with E-state index in [-0.39, 0.29) is 43.2 Å². The molecule has 282 valence electrons. The maximum atomic E-state index is 13.0. The summed E-state index contributed by atoms with van der Waals surface area (Å²) in [5.41, 5.74) is 25.8. The molecule has 0 saturated carbocycles. The van der Waals surface area contributed by atoms with Crippen molar-refractivity contribution in [1.29, 1.82) is 0 Å². The molecule has 5 atom stereocenters. The SMILES string of the molecule is C=C(NCC(=O)NC(CCCN)C(=C)NCCCCC(NC(=O)C(CCCN)NC(=O)C(N)CC(C)C)C(=O)O)C(CN)Cc1ccccc1. The Kier molecular flexibility index (Phi) is 22.1. The van der Waals surface area contributed by atoms with Gasteiger partial charge in [0.25, 0.3) is 0 Å². The first-order chi connectivity index (χ1) is 23.8. The van der Waals surface area contributed by atoms with E-state index in [0.717, 1.165) is 5.56 Å². The molecule has 5 unspecified atom stereocenters. The van der Waals surface area contributed by atoms with E-state index < -0.39 is 35.9 Å². The van der Waals surface area contributed by atoms with Crippen LogP contribution in [-0.4, -0.2) is 85.7 Å². The number of nitrogens with one attached hydrogen (secondary N) is 5. The molecule has 0 fully saturated rings. The second-order valence-corrected chi connectivity index (χ2v) is 13.1. The van der Waals surface area contributed by atoms with Gasteiger partial charge < -0.3 is 54.6 Å². The number of carboxylic acids is 1. The summed E-state index contributed by atoms with van der Waals surface area (Å²) in [5, 5.41) is 24.4. The standard InChI is InChI=1S/C36H63N9O5/c1-24(2)20-29(40)34(47)44-31(16-11-18-38)35(48)45-32(36(49)50)14-8-9-19-41-26(4)30(15-10-17-37)43-33(46)23-42-25(3)28(22-39)21-27-12-6-5-7-13-27/h5-7,12-13,24,28-32,41-42H,3-4,8-11,14-23,37-40H2,1-2H3,(H,43,46)(H,44,47)(H,45,48)(H,49,50). The van der Waals surface area contributed by atoms with E-state index in [1.165, 1.54) is 0 Å². The van der Waals surface area contributed by atoms with Gasteiger partial charge in [0.1, 0.15) is 12.1 Å². The Hall–Kier alpha value is -3.98. The van der Waals surface area contributed by atoms with Crippen LogP contribution in [0, 0.1) is 11.8 Å². The van der Waals surface area contributed by atoms with E-state index in [1.807, 2.05) is 44.2 Å². The fourth-order valence-corrected chi connectivity index (χ4v) is 5.35. The molecular weight excluding hydrogens is 638 g/mol. The van der Waals surface area contributed by atoms with Crippen molar-refractivity contribution in [2.75, 3.05) is 32.7 Å². The first kappa shape index (κ1) is 44.0. The predicted molar refractivity (Wildman–Crippen MR) is 198 cm³/mol. The number of amides is 3. The van der Waals surface area contributed by atoms with E-state index in [4.69, 9.17) is 22.9 Å². The van der Waals surface area contributed by atoms with Gasteiger partial charge in [-0.05, 0) is 82.4 Å². The molecule has 14 nitrogen and oxygen atoms in total. The average molecular weight is 702 g/mol. The topological polar surface area (TPSA) is 253 Å². The highest BCUT2D eigenvalue weighted by atomic mass is 16.4. The van der Waals surface area contributed by atoms with Crippen LogP contribution in [0.15, 0.2) is 54.9 Å².